The summed E-state index contributed by atoms with van der Waals surface area (Å²) < 4.78 is 1.08. The molecule has 0 aliphatic carbocycles. The Labute approximate surface area is 93.5 Å². The Bertz CT molecular complexity index is 332. The van der Waals surface area contributed by atoms with E-state index in [9.17, 15) is 0 Å². The second-order valence-corrected chi connectivity index (χ2v) is 4.32. The molecule has 0 unspecified atom stereocenters. The Balaban J connectivity index is 2.84. The standard InChI is InChI=1S/C11H15BrN2/c1-8(2)13-14-9(3)10-6-4-5-7-11(10)12/h4-8,13H,1-3H3/b14-9+. The average Bonchev–Trinajstić information content (AvgIpc) is 2.15. The molecular weight excluding hydrogens is 240 g/mol. The van der Waals surface area contributed by atoms with Crippen LogP contribution in [-0.2, 0) is 0 Å². The summed E-state index contributed by atoms with van der Waals surface area (Å²) in [5, 5.41) is 4.29. The molecule has 0 spiro atoms. The van der Waals surface area contributed by atoms with Gasteiger partial charge in [-0.2, -0.15) is 5.10 Å². The van der Waals surface area contributed by atoms with Crippen LogP contribution in [-0.4, -0.2) is 11.8 Å². The highest BCUT2D eigenvalue weighted by Gasteiger charge is 2.01. The van der Waals surface area contributed by atoms with E-state index in [0.29, 0.717) is 6.04 Å². The summed E-state index contributed by atoms with van der Waals surface area (Å²) in [6, 6.07) is 8.44. The molecule has 1 N–H and O–H groups in total. The maximum atomic E-state index is 4.29. The highest BCUT2D eigenvalue weighted by molar-refractivity contribution is 9.10. The van der Waals surface area contributed by atoms with Gasteiger partial charge >= 0.3 is 0 Å². The van der Waals surface area contributed by atoms with Crippen LogP contribution < -0.4 is 5.43 Å². The molecule has 0 amide bonds. The largest absolute Gasteiger partial charge is 0.307 e. The van der Waals surface area contributed by atoms with E-state index in [2.05, 4.69) is 40.3 Å². The third-order valence-corrected chi connectivity index (χ3v) is 2.45. The van der Waals surface area contributed by atoms with E-state index in [1.807, 2.05) is 31.2 Å². The molecule has 0 radical (unpaired) electrons. The lowest BCUT2D eigenvalue weighted by Gasteiger charge is -2.07. The third-order valence-electron chi connectivity index (χ3n) is 1.75. The predicted molar refractivity (Wildman–Crippen MR) is 64.6 cm³/mol. The minimum Gasteiger partial charge on any atom is -0.307 e. The van der Waals surface area contributed by atoms with Crippen molar-refractivity contribution in [3.05, 3.63) is 34.3 Å². The van der Waals surface area contributed by atoms with E-state index < -0.39 is 0 Å². The number of halogens is 1. The van der Waals surface area contributed by atoms with Crippen molar-refractivity contribution in [3.8, 4) is 0 Å². The van der Waals surface area contributed by atoms with Gasteiger partial charge in [0.1, 0.15) is 0 Å². The van der Waals surface area contributed by atoms with Crippen molar-refractivity contribution in [1.29, 1.82) is 0 Å². The van der Waals surface area contributed by atoms with Gasteiger partial charge < -0.3 is 5.43 Å². The lowest BCUT2D eigenvalue weighted by Crippen LogP contribution is -2.18. The SMILES string of the molecule is C/C(=N\NC(C)C)c1ccccc1Br. The zero-order valence-electron chi connectivity index (χ0n) is 8.71. The van der Waals surface area contributed by atoms with Crippen molar-refractivity contribution in [2.24, 2.45) is 5.10 Å². The molecule has 0 bridgehead atoms. The molecule has 1 rings (SSSR count). The fourth-order valence-electron chi connectivity index (χ4n) is 1.04. The monoisotopic (exact) mass is 254 g/mol. The van der Waals surface area contributed by atoms with E-state index in [1.54, 1.807) is 0 Å². The van der Waals surface area contributed by atoms with Crippen LogP contribution in [0.3, 0.4) is 0 Å². The second kappa shape index (κ2) is 5.15. The van der Waals surface area contributed by atoms with Gasteiger partial charge in [0, 0.05) is 16.1 Å². The molecule has 0 saturated heterocycles. The first-order chi connectivity index (χ1) is 6.61. The minimum absolute atomic E-state index is 0.368. The lowest BCUT2D eigenvalue weighted by atomic mass is 10.1. The van der Waals surface area contributed by atoms with Gasteiger partial charge in [0.25, 0.3) is 0 Å². The van der Waals surface area contributed by atoms with Crippen molar-refractivity contribution in [1.82, 2.24) is 5.43 Å². The van der Waals surface area contributed by atoms with Crippen LogP contribution in [0.1, 0.15) is 26.3 Å². The van der Waals surface area contributed by atoms with Crippen molar-refractivity contribution in [2.75, 3.05) is 0 Å². The number of hydrogen-bond acceptors (Lipinski definition) is 2. The number of nitrogens with zero attached hydrogens (tertiary/aromatic N) is 1. The number of hydrogen-bond donors (Lipinski definition) is 1. The summed E-state index contributed by atoms with van der Waals surface area (Å²) in [5.41, 5.74) is 5.16. The first-order valence-electron chi connectivity index (χ1n) is 4.66. The number of rotatable bonds is 3. The molecule has 0 fully saturated rings. The van der Waals surface area contributed by atoms with Gasteiger partial charge in [-0.25, -0.2) is 0 Å². The molecule has 0 saturated carbocycles. The molecule has 0 aliphatic heterocycles. The molecule has 0 aromatic heterocycles. The molecule has 1 aromatic carbocycles. The van der Waals surface area contributed by atoms with Crippen molar-refractivity contribution < 1.29 is 0 Å². The van der Waals surface area contributed by atoms with Crippen LogP contribution >= 0.6 is 15.9 Å². The Kier molecular flexibility index (Phi) is 4.14. The minimum atomic E-state index is 0.368. The fourth-order valence-corrected chi connectivity index (χ4v) is 1.61. The Hall–Kier alpha value is -0.830. The topological polar surface area (TPSA) is 24.4 Å². The summed E-state index contributed by atoms with van der Waals surface area (Å²) in [4.78, 5) is 0. The van der Waals surface area contributed by atoms with Crippen LogP contribution in [0.5, 0.6) is 0 Å². The van der Waals surface area contributed by atoms with E-state index in [4.69, 9.17) is 0 Å². The van der Waals surface area contributed by atoms with Crippen LogP contribution in [0.2, 0.25) is 0 Å². The molecular formula is C11H15BrN2. The van der Waals surface area contributed by atoms with Crippen molar-refractivity contribution >= 4 is 21.6 Å². The van der Waals surface area contributed by atoms with Gasteiger partial charge in [0.2, 0.25) is 0 Å². The van der Waals surface area contributed by atoms with Crippen LogP contribution in [0.25, 0.3) is 0 Å². The molecule has 0 aliphatic rings. The zero-order chi connectivity index (χ0) is 10.6. The lowest BCUT2D eigenvalue weighted by molar-refractivity contribution is 0.620. The Morgan fingerprint density at radius 3 is 2.57 bits per heavy atom. The molecule has 14 heavy (non-hydrogen) atoms. The molecule has 1 aromatic rings. The molecule has 0 atom stereocenters. The van der Waals surface area contributed by atoms with E-state index in [-0.39, 0.29) is 0 Å². The van der Waals surface area contributed by atoms with E-state index in [0.717, 1.165) is 15.7 Å². The van der Waals surface area contributed by atoms with Crippen LogP contribution in [0, 0.1) is 0 Å². The predicted octanol–water partition coefficient (Wildman–Crippen LogP) is 3.17. The first kappa shape index (κ1) is 11.2. The van der Waals surface area contributed by atoms with Crippen molar-refractivity contribution in [2.45, 2.75) is 26.8 Å². The van der Waals surface area contributed by atoms with Gasteiger partial charge in [0.15, 0.2) is 0 Å². The van der Waals surface area contributed by atoms with Gasteiger partial charge in [-0.1, -0.05) is 34.1 Å². The first-order valence-corrected chi connectivity index (χ1v) is 5.45. The Morgan fingerprint density at radius 1 is 1.36 bits per heavy atom. The number of nitrogens with one attached hydrogen (secondary N) is 1. The highest BCUT2D eigenvalue weighted by Crippen LogP contribution is 2.16. The number of benzene rings is 1. The smallest absolute Gasteiger partial charge is 0.0655 e. The van der Waals surface area contributed by atoms with E-state index >= 15 is 0 Å². The Morgan fingerprint density at radius 2 is 2.00 bits per heavy atom. The summed E-state index contributed by atoms with van der Waals surface area (Å²) in [6.45, 7) is 6.13. The summed E-state index contributed by atoms with van der Waals surface area (Å²) in [6.07, 6.45) is 0. The maximum absolute atomic E-state index is 4.29. The van der Waals surface area contributed by atoms with E-state index in [1.165, 1.54) is 0 Å². The zero-order valence-corrected chi connectivity index (χ0v) is 10.3. The second-order valence-electron chi connectivity index (χ2n) is 3.46. The molecule has 76 valence electrons. The van der Waals surface area contributed by atoms with Crippen LogP contribution in [0.15, 0.2) is 33.8 Å². The highest BCUT2D eigenvalue weighted by atomic mass is 79.9. The van der Waals surface area contributed by atoms with Crippen LogP contribution in [0.4, 0.5) is 0 Å². The summed E-state index contributed by atoms with van der Waals surface area (Å²) in [7, 11) is 0. The normalized spacial score (nSPS) is 11.9. The average molecular weight is 255 g/mol. The van der Waals surface area contributed by atoms with Crippen molar-refractivity contribution in [3.63, 3.8) is 0 Å². The molecule has 0 heterocycles. The molecule has 3 heteroatoms. The van der Waals surface area contributed by atoms with Gasteiger partial charge in [-0.15, -0.1) is 0 Å². The maximum Gasteiger partial charge on any atom is 0.0655 e. The summed E-state index contributed by atoms with van der Waals surface area (Å²) in [5.74, 6) is 0. The third kappa shape index (κ3) is 3.14. The van der Waals surface area contributed by atoms with Gasteiger partial charge in [-0.3, -0.25) is 0 Å². The summed E-state index contributed by atoms with van der Waals surface area (Å²) >= 11 is 3.50. The fraction of sp³-hybridized carbons (Fsp3) is 0.364. The molecule has 2 nitrogen and oxygen atoms in total. The van der Waals surface area contributed by atoms with Gasteiger partial charge in [-0.05, 0) is 26.8 Å². The number of hydrazone groups is 1. The van der Waals surface area contributed by atoms with Gasteiger partial charge in [0.05, 0.1) is 5.71 Å². The quantitative estimate of drug-likeness (QED) is 0.651.